The second-order valence-corrected chi connectivity index (χ2v) is 3.35. The van der Waals surface area contributed by atoms with Crippen molar-refractivity contribution in [2.45, 2.75) is 6.92 Å². The molecule has 4 heteroatoms. The number of ether oxygens (including phenoxy) is 1. The normalized spacial score (nSPS) is 20.0. The molecule has 0 fully saturated rings. The van der Waals surface area contributed by atoms with Crippen molar-refractivity contribution in [3.8, 4) is 0 Å². The topological polar surface area (TPSA) is 24.5 Å². The summed E-state index contributed by atoms with van der Waals surface area (Å²) < 4.78 is 6.12. The molecular weight excluding hydrogens is 232 g/mol. The second kappa shape index (κ2) is 4.48. The molecule has 0 atom stereocenters. The van der Waals surface area contributed by atoms with E-state index in [1.807, 2.05) is 37.3 Å². The van der Waals surface area contributed by atoms with Gasteiger partial charge >= 0.3 is 0 Å². The van der Waals surface area contributed by atoms with E-state index in [-0.39, 0.29) is 0 Å². The zero-order valence-corrected chi connectivity index (χ0v) is 9.55. The maximum absolute atomic E-state index is 5.17. The number of halogens is 1. The number of hydrogen-bond acceptors (Lipinski definition) is 3. The van der Waals surface area contributed by atoms with Gasteiger partial charge in [-0.15, -0.1) is 0 Å². The van der Waals surface area contributed by atoms with Gasteiger partial charge in [-0.05, 0) is 28.9 Å². The summed E-state index contributed by atoms with van der Waals surface area (Å²) >= 11 is 3.43. The highest BCUT2D eigenvalue weighted by Gasteiger charge is 2.13. The molecule has 1 aliphatic rings. The fraction of sp³-hybridized carbons (Fsp3) is 0.333. The molecule has 0 radical (unpaired) electrons. The minimum absolute atomic E-state index is 0.806. The molecule has 0 aromatic carbocycles. The van der Waals surface area contributed by atoms with E-state index >= 15 is 0 Å². The molecule has 0 aromatic heterocycles. The summed E-state index contributed by atoms with van der Waals surface area (Å²) in [7, 11) is 3.51. The third kappa shape index (κ3) is 2.14. The number of nitrogens with one attached hydrogen (secondary N) is 1. The Balaban J connectivity index is 2.96. The number of rotatable bonds is 2. The number of allylic oxidation sites excluding steroid dienone is 3. The molecule has 0 amide bonds. The Morgan fingerprint density at radius 3 is 2.77 bits per heavy atom. The zero-order chi connectivity index (χ0) is 9.84. The van der Waals surface area contributed by atoms with Crippen molar-refractivity contribution >= 4 is 15.9 Å². The third-order valence-electron chi connectivity index (χ3n) is 1.79. The van der Waals surface area contributed by atoms with Crippen LogP contribution in [0.1, 0.15) is 6.92 Å². The van der Waals surface area contributed by atoms with Crippen LogP contribution in [0.5, 0.6) is 0 Å². The van der Waals surface area contributed by atoms with E-state index in [0.29, 0.717) is 0 Å². The Labute approximate surface area is 86.8 Å². The van der Waals surface area contributed by atoms with Crippen molar-refractivity contribution < 1.29 is 4.74 Å². The standard InChI is InChI=1S/C9H13BrN2O/c1-4-7-5-8(10)9(13-3)6-12(7)11-2/h4-6,11H,1-3H3/b7-4-. The number of nitrogens with zero attached hydrogens (tertiary/aromatic N) is 1. The highest BCUT2D eigenvalue weighted by atomic mass is 79.9. The van der Waals surface area contributed by atoms with Crippen LogP contribution in [0, 0.1) is 0 Å². The molecule has 0 bridgehead atoms. The zero-order valence-electron chi connectivity index (χ0n) is 7.97. The van der Waals surface area contributed by atoms with Crippen LogP contribution in [-0.4, -0.2) is 19.2 Å². The van der Waals surface area contributed by atoms with Gasteiger partial charge in [0.2, 0.25) is 0 Å². The second-order valence-electron chi connectivity index (χ2n) is 2.50. The van der Waals surface area contributed by atoms with Gasteiger partial charge in [0, 0.05) is 7.05 Å². The van der Waals surface area contributed by atoms with Crippen LogP contribution < -0.4 is 5.43 Å². The molecule has 0 saturated carbocycles. The van der Waals surface area contributed by atoms with Gasteiger partial charge in [-0.25, -0.2) is 5.43 Å². The first kappa shape index (κ1) is 10.3. The van der Waals surface area contributed by atoms with E-state index in [1.54, 1.807) is 7.11 Å². The Bertz CT molecular complexity index is 281. The number of hydrogen-bond donors (Lipinski definition) is 1. The predicted octanol–water partition coefficient (Wildman–Crippen LogP) is 2.11. The van der Waals surface area contributed by atoms with Crippen LogP contribution in [0.15, 0.2) is 34.3 Å². The average molecular weight is 245 g/mol. The summed E-state index contributed by atoms with van der Waals surface area (Å²) in [6.45, 7) is 1.99. The van der Waals surface area contributed by atoms with Crippen LogP contribution in [0.2, 0.25) is 0 Å². The van der Waals surface area contributed by atoms with Crippen molar-refractivity contribution in [3.63, 3.8) is 0 Å². The lowest BCUT2D eigenvalue weighted by atomic mass is 10.3. The lowest BCUT2D eigenvalue weighted by Gasteiger charge is -2.25. The van der Waals surface area contributed by atoms with E-state index in [2.05, 4.69) is 21.4 Å². The molecule has 1 N–H and O–H groups in total. The van der Waals surface area contributed by atoms with Gasteiger partial charge in [0.1, 0.15) is 0 Å². The van der Waals surface area contributed by atoms with Gasteiger partial charge in [0.15, 0.2) is 5.76 Å². The van der Waals surface area contributed by atoms with Gasteiger partial charge in [0.05, 0.1) is 23.5 Å². The third-order valence-corrected chi connectivity index (χ3v) is 2.41. The Kier molecular flexibility index (Phi) is 3.57. The van der Waals surface area contributed by atoms with Crippen LogP contribution >= 0.6 is 15.9 Å². The first-order valence-electron chi connectivity index (χ1n) is 3.99. The predicted molar refractivity (Wildman–Crippen MR) is 56.8 cm³/mol. The molecule has 0 spiro atoms. The first-order chi connectivity index (χ1) is 6.22. The molecule has 1 rings (SSSR count). The largest absolute Gasteiger partial charge is 0.494 e. The SMILES string of the molecule is C/C=C1/C=C(Br)C(OC)=CN1NC. The summed E-state index contributed by atoms with van der Waals surface area (Å²) in [5.74, 6) is 0.806. The van der Waals surface area contributed by atoms with Gasteiger partial charge in [-0.1, -0.05) is 6.08 Å². The van der Waals surface area contributed by atoms with Crippen molar-refractivity contribution in [2.24, 2.45) is 0 Å². The summed E-state index contributed by atoms with van der Waals surface area (Å²) in [6.07, 6.45) is 5.90. The molecule has 0 saturated heterocycles. The molecule has 13 heavy (non-hydrogen) atoms. The van der Waals surface area contributed by atoms with Crippen LogP contribution in [-0.2, 0) is 4.74 Å². The van der Waals surface area contributed by atoms with E-state index < -0.39 is 0 Å². The van der Waals surface area contributed by atoms with Crippen molar-refractivity contribution in [2.75, 3.05) is 14.2 Å². The Morgan fingerprint density at radius 2 is 2.31 bits per heavy atom. The highest BCUT2D eigenvalue weighted by Crippen LogP contribution is 2.26. The van der Waals surface area contributed by atoms with Crippen molar-refractivity contribution in [1.29, 1.82) is 0 Å². The fourth-order valence-corrected chi connectivity index (χ4v) is 1.59. The average Bonchev–Trinajstić information content (AvgIpc) is 2.17. The lowest BCUT2D eigenvalue weighted by Crippen LogP contribution is -2.30. The van der Waals surface area contributed by atoms with Crippen LogP contribution in [0.25, 0.3) is 0 Å². The molecule has 0 aliphatic carbocycles. The fourth-order valence-electron chi connectivity index (χ4n) is 1.09. The molecule has 1 aliphatic heterocycles. The number of hydrazine groups is 1. The maximum Gasteiger partial charge on any atom is 0.150 e. The van der Waals surface area contributed by atoms with Gasteiger partial charge in [-0.3, -0.25) is 5.01 Å². The molecule has 0 aromatic rings. The monoisotopic (exact) mass is 244 g/mol. The van der Waals surface area contributed by atoms with Crippen molar-refractivity contribution in [3.05, 3.63) is 34.3 Å². The summed E-state index contributed by atoms with van der Waals surface area (Å²) in [5.41, 5.74) is 4.11. The van der Waals surface area contributed by atoms with Crippen LogP contribution in [0.3, 0.4) is 0 Å². The van der Waals surface area contributed by atoms with Crippen molar-refractivity contribution in [1.82, 2.24) is 10.4 Å². The summed E-state index contributed by atoms with van der Waals surface area (Å²) in [4.78, 5) is 0. The first-order valence-corrected chi connectivity index (χ1v) is 4.78. The quantitative estimate of drug-likeness (QED) is 0.806. The molecular formula is C9H13BrN2O. The molecule has 0 unspecified atom stereocenters. The van der Waals surface area contributed by atoms with Gasteiger partial charge in [0.25, 0.3) is 0 Å². The Morgan fingerprint density at radius 1 is 1.62 bits per heavy atom. The molecule has 1 heterocycles. The Hall–Kier alpha value is -0.740. The van der Waals surface area contributed by atoms with E-state index in [4.69, 9.17) is 4.74 Å². The van der Waals surface area contributed by atoms with Gasteiger partial charge < -0.3 is 4.74 Å². The number of methoxy groups -OCH3 is 1. The summed E-state index contributed by atoms with van der Waals surface area (Å²) in [5, 5.41) is 1.89. The minimum atomic E-state index is 0.806. The van der Waals surface area contributed by atoms with E-state index in [9.17, 15) is 0 Å². The molecule has 3 nitrogen and oxygen atoms in total. The maximum atomic E-state index is 5.17. The van der Waals surface area contributed by atoms with Gasteiger partial charge in [-0.2, -0.15) is 0 Å². The van der Waals surface area contributed by atoms with E-state index in [1.165, 1.54) is 0 Å². The summed E-state index contributed by atoms with van der Waals surface area (Å²) in [6, 6.07) is 0. The highest BCUT2D eigenvalue weighted by molar-refractivity contribution is 9.12. The van der Waals surface area contributed by atoms with Crippen LogP contribution in [0.4, 0.5) is 0 Å². The minimum Gasteiger partial charge on any atom is -0.494 e. The van der Waals surface area contributed by atoms with E-state index in [0.717, 1.165) is 15.9 Å². The molecule has 72 valence electrons. The smallest absolute Gasteiger partial charge is 0.150 e. The lowest BCUT2D eigenvalue weighted by molar-refractivity contribution is 0.277.